The van der Waals surface area contributed by atoms with Crippen molar-refractivity contribution in [3.05, 3.63) is 50.9 Å². The smallest absolute Gasteiger partial charge is 0.0972 e. The first kappa shape index (κ1) is 12.6. The highest BCUT2D eigenvalue weighted by molar-refractivity contribution is 7.11. The molecule has 0 aliphatic heterocycles. The summed E-state index contributed by atoms with van der Waals surface area (Å²) in [5, 5.41) is 1.89. The highest BCUT2D eigenvalue weighted by Crippen LogP contribution is 2.25. The van der Waals surface area contributed by atoms with Gasteiger partial charge in [-0.15, -0.1) is 11.3 Å². The lowest BCUT2D eigenvalue weighted by Crippen LogP contribution is -2.07. The molecule has 0 aliphatic carbocycles. The molecule has 1 aromatic carbocycles. The highest BCUT2D eigenvalue weighted by atomic mass is 35.5. The second kappa shape index (κ2) is 5.63. The van der Waals surface area contributed by atoms with Crippen LogP contribution in [0.5, 0.6) is 0 Å². The van der Waals surface area contributed by atoms with Crippen molar-refractivity contribution in [2.45, 2.75) is 19.3 Å². The average molecular weight is 267 g/mol. The molecule has 2 rings (SSSR count). The summed E-state index contributed by atoms with van der Waals surface area (Å²) in [6.45, 7) is 2.78. The predicted molar refractivity (Wildman–Crippen MR) is 73.8 cm³/mol. The van der Waals surface area contributed by atoms with Crippen molar-refractivity contribution >= 4 is 22.9 Å². The Balaban J connectivity index is 2.14. The van der Waals surface area contributed by atoms with Crippen LogP contribution in [0, 0.1) is 0 Å². The highest BCUT2D eigenvalue weighted by Gasteiger charge is 2.09. The molecule has 0 saturated carbocycles. The van der Waals surface area contributed by atoms with Crippen LogP contribution in [0.3, 0.4) is 0 Å². The lowest BCUT2D eigenvalue weighted by Gasteiger charge is -2.03. The largest absolute Gasteiger partial charge is 0.330 e. The van der Waals surface area contributed by atoms with Crippen molar-refractivity contribution in [3.8, 4) is 0 Å². The van der Waals surface area contributed by atoms with Gasteiger partial charge in [0, 0.05) is 28.4 Å². The minimum Gasteiger partial charge on any atom is -0.330 e. The Bertz CT molecular complexity index is 496. The predicted octanol–water partition coefficient (Wildman–Crippen LogP) is 3.45. The normalized spacial score (nSPS) is 12.6. The molecule has 4 heteroatoms. The van der Waals surface area contributed by atoms with Crippen molar-refractivity contribution in [2.24, 2.45) is 5.73 Å². The standard InChI is InChI=1S/C13H15ClN2S/c1-9(7-15)12-8-16-13(17-12)6-10-4-2-3-5-11(10)14/h2-5,8-9H,6-7,15H2,1H3. The summed E-state index contributed by atoms with van der Waals surface area (Å²) in [6, 6.07) is 7.89. The van der Waals surface area contributed by atoms with Crippen molar-refractivity contribution in [1.29, 1.82) is 0 Å². The molecule has 1 heterocycles. The maximum atomic E-state index is 6.13. The third kappa shape index (κ3) is 3.06. The minimum atomic E-state index is 0.382. The zero-order chi connectivity index (χ0) is 12.3. The van der Waals surface area contributed by atoms with E-state index in [4.69, 9.17) is 17.3 Å². The molecule has 1 aromatic heterocycles. The van der Waals surface area contributed by atoms with Gasteiger partial charge >= 0.3 is 0 Å². The van der Waals surface area contributed by atoms with E-state index in [1.165, 1.54) is 4.88 Å². The fourth-order valence-corrected chi connectivity index (χ4v) is 2.77. The minimum absolute atomic E-state index is 0.382. The Morgan fingerprint density at radius 3 is 2.88 bits per heavy atom. The molecule has 0 amide bonds. The maximum absolute atomic E-state index is 6.13. The second-order valence-electron chi connectivity index (χ2n) is 4.06. The molecule has 0 fully saturated rings. The number of hydrogen-bond donors (Lipinski definition) is 1. The van der Waals surface area contributed by atoms with E-state index in [1.807, 2.05) is 30.5 Å². The number of nitrogens with two attached hydrogens (primary N) is 1. The van der Waals surface area contributed by atoms with E-state index in [0.29, 0.717) is 12.5 Å². The SMILES string of the molecule is CC(CN)c1cnc(Cc2ccccc2Cl)s1. The number of nitrogens with zero attached hydrogens (tertiary/aromatic N) is 1. The van der Waals surface area contributed by atoms with E-state index in [9.17, 15) is 0 Å². The molecular weight excluding hydrogens is 252 g/mol. The first-order valence-corrected chi connectivity index (χ1v) is 6.78. The number of benzene rings is 1. The van der Waals surface area contributed by atoms with Crippen LogP contribution in [-0.2, 0) is 6.42 Å². The lowest BCUT2D eigenvalue weighted by atomic mass is 10.1. The summed E-state index contributed by atoms with van der Waals surface area (Å²) in [5.41, 5.74) is 6.77. The van der Waals surface area contributed by atoms with Gasteiger partial charge in [-0.1, -0.05) is 36.7 Å². The molecule has 0 spiro atoms. The number of rotatable bonds is 4. The van der Waals surface area contributed by atoms with Crippen molar-refractivity contribution < 1.29 is 0 Å². The third-order valence-electron chi connectivity index (χ3n) is 2.71. The summed E-state index contributed by atoms with van der Waals surface area (Å²) in [4.78, 5) is 5.67. The van der Waals surface area contributed by atoms with Gasteiger partial charge in [0.25, 0.3) is 0 Å². The van der Waals surface area contributed by atoms with Gasteiger partial charge in [-0.3, -0.25) is 0 Å². The van der Waals surface area contributed by atoms with Crippen LogP contribution in [0.4, 0.5) is 0 Å². The maximum Gasteiger partial charge on any atom is 0.0972 e. The number of hydrogen-bond acceptors (Lipinski definition) is 3. The Morgan fingerprint density at radius 1 is 1.41 bits per heavy atom. The Morgan fingerprint density at radius 2 is 2.18 bits per heavy atom. The summed E-state index contributed by atoms with van der Waals surface area (Å²) < 4.78 is 0. The molecule has 90 valence electrons. The summed E-state index contributed by atoms with van der Waals surface area (Å²) in [6.07, 6.45) is 2.72. The first-order chi connectivity index (χ1) is 8.20. The van der Waals surface area contributed by atoms with Crippen molar-refractivity contribution in [2.75, 3.05) is 6.54 Å². The summed E-state index contributed by atoms with van der Waals surface area (Å²) >= 11 is 7.85. The number of thiazole rings is 1. The quantitative estimate of drug-likeness (QED) is 0.921. The van der Waals surface area contributed by atoms with Gasteiger partial charge < -0.3 is 5.73 Å². The van der Waals surface area contributed by atoms with Crippen LogP contribution in [0.15, 0.2) is 30.5 Å². The second-order valence-corrected chi connectivity index (χ2v) is 5.62. The number of halogens is 1. The molecule has 1 unspecified atom stereocenters. The van der Waals surface area contributed by atoms with Gasteiger partial charge in [0.05, 0.1) is 5.01 Å². The summed E-state index contributed by atoms with van der Waals surface area (Å²) in [5.74, 6) is 0.382. The van der Waals surface area contributed by atoms with E-state index in [-0.39, 0.29) is 0 Å². The van der Waals surface area contributed by atoms with Crippen LogP contribution in [0.25, 0.3) is 0 Å². The van der Waals surface area contributed by atoms with Gasteiger partial charge in [0.1, 0.15) is 0 Å². The fraction of sp³-hybridized carbons (Fsp3) is 0.308. The molecule has 1 atom stereocenters. The van der Waals surface area contributed by atoms with E-state index in [0.717, 1.165) is 22.0 Å². The molecule has 2 nitrogen and oxygen atoms in total. The molecule has 2 aromatic rings. The molecule has 0 aliphatic rings. The molecule has 17 heavy (non-hydrogen) atoms. The van der Waals surface area contributed by atoms with E-state index in [1.54, 1.807) is 11.3 Å². The summed E-state index contributed by atoms with van der Waals surface area (Å²) in [7, 11) is 0. The Hall–Kier alpha value is -0.900. The van der Waals surface area contributed by atoms with Crippen molar-refractivity contribution in [3.63, 3.8) is 0 Å². The van der Waals surface area contributed by atoms with Crippen LogP contribution in [-0.4, -0.2) is 11.5 Å². The molecule has 2 N–H and O–H groups in total. The van der Waals surface area contributed by atoms with Crippen molar-refractivity contribution in [1.82, 2.24) is 4.98 Å². The van der Waals surface area contributed by atoms with Crippen LogP contribution in [0.2, 0.25) is 5.02 Å². The monoisotopic (exact) mass is 266 g/mol. The Kier molecular flexibility index (Phi) is 4.15. The molecular formula is C13H15ClN2S. The van der Waals surface area contributed by atoms with E-state index < -0.39 is 0 Å². The molecule has 0 saturated heterocycles. The lowest BCUT2D eigenvalue weighted by molar-refractivity contribution is 0.787. The molecule has 0 radical (unpaired) electrons. The Labute approximate surface area is 110 Å². The zero-order valence-corrected chi connectivity index (χ0v) is 11.3. The van der Waals surface area contributed by atoms with E-state index >= 15 is 0 Å². The van der Waals surface area contributed by atoms with Crippen LogP contribution < -0.4 is 5.73 Å². The average Bonchev–Trinajstić information content (AvgIpc) is 2.80. The van der Waals surface area contributed by atoms with Gasteiger partial charge in [-0.05, 0) is 18.2 Å². The fourth-order valence-electron chi connectivity index (χ4n) is 1.55. The molecule has 0 bridgehead atoms. The third-order valence-corrected chi connectivity index (χ3v) is 4.31. The topological polar surface area (TPSA) is 38.9 Å². The van der Waals surface area contributed by atoms with Gasteiger partial charge in [0.15, 0.2) is 0 Å². The van der Waals surface area contributed by atoms with Gasteiger partial charge in [-0.2, -0.15) is 0 Å². The van der Waals surface area contributed by atoms with Gasteiger partial charge in [-0.25, -0.2) is 4.98 Å². The van der Waals surface area contributed by atoms with Gasteiger partial charge in [0.2, 0.25) is 0 Å². The van der Waals surface area contributed by atoms with Crippen LogP contribution >= 0.6 is 22.9 Å². The zero-order valence-electron chi connectivity index (χ0n) is 9.69. The first-order valence-electron chi connectivity index (χ1n) is 5.58. The number of aromatic nitrogens is 1. The van der Waals surface area contributed by atoms with E-state index in [2.05, 4.69) is 11.9 Å². The van der Waals surface area contributed by atoms with Crippen LogP contribution in [0.1, 0.15) is 28.3 Å².